The number of carbonyl (C=O) groups is 2. The lowest BCUT2D eigenvalue weighted by molar-refractivity contribution is -0.113. The SMILES string of the molecule is O=C(N=C1SC(=Cc2ccc(-c3ccc(Cl)cc3)o2)C(=O)N1c1ccc(Cl)cc1)c1ccccc1. The Balaban J connectivity index is 1.49. The lowest BCUT2D eigenvalue weighted by Gasteiger charge is -2.15. The fourth-order valence-electron chi connectivity index (χ4n) is 3.43. The highest BCUT2D eigenvalue weighted by Crippen LogP contribution is 2.37. The number of hydrogen-bond donors (Lipinski definition) is 0. The van der Waals surface area contributed by atoms with Crippen molar-refractivity contribution in [1.29, 1.82) is 0 Å². The van der Waals surface area contributed by atoms with Crippen molar-refractivity contribution in [3.05, 3.63) is 117 Å². The zero-order chi connectivity index (χ0) is 24.4. The van der Waals surface area contributed by atoms with E-state index in [0.717, 1.165) is 17.3 Å². The van der Waals surface area contributed by atoms with Crippen molar-refractivity contribution in [1.82, 2.24) is 0 Å². The maximum absolute atomic E-state index is 13.4. The second-order valence-electron chi connectivity index (χ2n) is 7.50. The highest BCUT2D eigenvalue weighted by atomic mass is 35.5. The summed E-state index contributed by atoms with van der Waals surface area (Å²) in [6.07, 6.45) is 1.64. The summed E-state index contributed by atoms with van der Waals surface area (Å²) in [6, 6.07) is 26.4. The van der Waals surface area contributed by atoms with Gasteiger partial charge < -0.3 is 4.42 Å². The molecule has 0 spiro atoms. The van der Waals surface area contributed by atoms with Gasteiger partial charge in [-0.05, 0) is 84.6 Å². The highest BCUT2D eigenvalue weighted by Gasteiger charge is 2.35. The molecule has 1 aliphatic heterocycles. The Morgan fingerprint density at radius 1 is 0.857 bits per heavy atom. The number of amidine groups is 1. The first-order valence-electron chi connectivity index (χ1n) is 10.5. The number of carbonyl (C=O) groups excluding carboxylic acids is 2. The standard InChI is InChI=1S/C27H16Cl2N2O3S/c28-19-8-6-17(7-9-19)23-15-14-22(34-23)16-24-26(33)31(21-12-10-20(29)11-13-21)27(35-24)30-25(32)18-4-2-1-3-5-18/h1-16H. The summed E-state index contributed by atoms with van der Waals surface area (Å²) in [5.74, 6) is 0.384. The normalized spacial score (nSPS) is 15.8. The minimum absolute atomic E-state index is 0.252. The van der Waals surface area contributed by atoms with E-state index in [1.165, 1.54) is 4.90 Å². The van der Waals surface area contributed by atoms with Crippen LogP contribution in [0.5, 0.6) is 0 Å². The molecule has 4 aromatic rings. The maximum atomic E-state index is 13.4. The average Bonchev–Trinajstić information content (AvgIpc) is 3.45. The fourth-order valence-corrected chi connectivity index (χ4v) is 4.64. The van der Waals surface area contributed by atoms with Crippen LogP contribution in [0.15, 0.2) is 105 Å². The van der Waals surface area contributed by atoms with Crippen LogP contribution in [0.4, 0.5) is 5.69 Å². The first kappa shape index (κ1) is 23.2. The molecule has 1 aliphatic rings. The molecule has 0 aliphatic carbocycles. The fraction of sp³-hybridized carbons (Fsp3) is 0. The molecule has 0 N–H and O–H groups in total. The van der Waals surface area contributed by atoms with Gasteiger partial charge in [0.15, 0.2) is 5.17 Å². The molecular weight excluding hydrogens is 503 g/mol. The van der Waals surface area contributed by atoms with Crippen LogP contribution < -0.4 is 4.90 Å². The number of hydrogen-bond acceptors (Lipinski definition) is 4. The summed E-state index contributed by atoms with van der Waals surface area (Å²) in [6.45, 7) is 0. The summed E-state index contributed by atoms with van der Waals surface area (Å²) in [7, 11) is 0. The van der Waals surface area contributed by atoms with Crippen molar-refractivity contribution in [2.24, 2.45) is 4.99 Å². The van der Waals surface area contributed by atoms with Crippen LogP contribution >= 0.6 is 35.0 Å². The number of thioether (sulfide) groups is 1. The molecule has 0 atom stereocenters. The Labute approximate surface area is 215 Å². The molecule has 8 heteroatoms. The third kappa shape index (κ3) is 5.10. The minimum Gasteiger partial charge on any atom is -0.457 e. The molecule has 172 valence electrons. The van der Waals surface area contributed by atoms with Crippen molar-refractivity contribution >= 4 is 63.7 Å². The van der Waals surface area contributed by atoms with Gasteiger partial charge >= 0.3 is 0 Å². The minimum atomic E-state index is -0.441. The molecule has 2 amide bonds. The number of rotatable bonds is 4. The number of amides is 2. The molecule has 0 bridgehead atoms. The first-order valence-corrected chi connectivity index (χ1v) is 12.1. The summed E-state index contributed by atoms with van der Waals surface area (Å²) in [5.41, 5.74) is 1.85. The molecule has 1 aromatic heterocycles. The van der Waals surface area contributed by atoms with Gasteiger partial charge in [-0.25, -0.2) is 0 Å². The molecule has 35 heavy (non-hydrogen) atoms. The van der Waals surface area contributed by atoms with Gasteiger partial charge in [0.2, 0.25) is 0 Å². The molecule has 5 nitrogen and oxygen atoms in total. The van der Waals surface area contributed by atoms with Crippen LogP contribution in [0.2, 0.25) is 10.0 Å². The van der Waals surface area contributed by atoms with E-state index in [1.54, 1.807) is 72.8 Å². The quantitative estimate of drug-likeness (QED) is 0.261. The molecule has 0 unspecified atom stereocenters. The molecule has 3 aromatic carbocycles. The monoisotopic (exact) mass is 518 g/mol. The topological polar surface area (TPSA) is 62.9 Å². The Morgan fingerprint density at radius 3 is 2.20 bits per heavy atom. The average molecular weight is 519 g/mol. The number of nitrogens with zero attached hydrogens (tertiary/aromatic N) is 2. The van der Waals surface area contributed by atoms with Crippen molar-refractivity contribution < 1.29 is 14.0 Å². The Bertz CT molecular complexity index is 1460. The van der Waals surface area contributed by atoms with Gasteiger partial charge in [0.05, 0.1) is 10.6 Å². The molecular formula is C27H16Cl2N2O3S. The van der Waals surface area contributed by atoms with E-state index in [9.17, 15) is 9.59 Å². The lowest BCUT2D eigenvalue weighted by Crippen LogP contribution is -2.29. The Morgan fingerprint density at radius 2 is 1.51 bits per heavy atom. The van der Waals surface area contributed by atoms with Crippen LogP contribution in [0.25, 0.3) is 17.4 Å². The molecule has 5 rings (SSSR count). The number of halogens is 2. The lowest BCUT2D eigenvalue weighted by atomic mass is 10.2. The number of benzene rings is 3. The first-order chi connectivity index (χ1) is 17.0. The second kappa shape index (κ2) is 9.96. The predicted octanol–water partition coefficient (Wildman–Crippen LogP) is 7.57. The molecule has 1 fully saturated rings. The highest BCUT2D eigenvalue weighted by molar-refractivity contribution is 8.19. The van der Waals surface area contributed by atoms with Crippen LogP contribution in [0.3, 0.4) is 0 Å². The summed E-state index contributed by atoms with van der Waals surface area (Å²) < 4.78 is 5.93. The van der Waals surface area contributed by atoms with Crippen molar-refractivity contribution in [3.8, 4) is 11.3 Å². The van der Waals surface area contributed by atoms with Crippen LogP contribution in [0, 0.1) is 0 Å². The van der Waals surface area contributed by atoms with Crippen molar-refractivity contribution in [2.45, 2.75) is 0 Å². The smallest absolute Gasteiger partial charge is 0.279 e. The molecule has 0 radical (unpaired) electrons. The number of anilines is 1. The van der Waals surface area contributed by atoms with Crippen LogP contribution in [-0.2, 0) is 4.79 Å². The zero-order valence-electron chi connectivity index (χ0n) is 18.0. The van der Waals surface area contributed by atoms with Gasteiger partial charge in [-0.3, -0.25) is 14.5 Å². The van der Waals surface area contributed by atoms with Gasteiger partial charge in [-0.1, -0.05) is 41.4 Å². The van der Waals surface area contributed by atoms with Crippen LogP contribution in [0.1, 0.15) is 16.1 Å². The summed E-state index contributed by atoms with van der Waals surface area (Å²) in [4.78, 5) is 32.2. The second-order valence-corrected chi connectivity index (χ2v) is 9.38. The number of aliphatic imine (C=N–C) groups is 1. The molecule has 1 saturated heterocycles. The van der Waals surface area contributed by atoms with Crippen molar-refractivity contribution in [3.63, 3.8) is 0 Å². The third-order valence-corrected chi connectivity index (χ3v) is 6.61. The van der Waals surface area contributed by atoms with Gasteiger partial charge in [0, 0.05) is 27.2 Å². The summed E-state index contributed by atoms with van der Waals surface area (Å²) in [5, 5.41) is 1.42. The van der Waals surface area contributed by atoms with E-state index < -0.39 is 5.91 Å². The summed E-state index contributed by atoms with van der Waals surface area (Å²) >= 11 is 13.1. The van der Waals surface area contributed by atoms with Gasteiger partial charge in [0.25, 0.3) is 11.8 Å². The van der Waals surface area contributed by atoms with E-state index in [4.69, 9.17) is 27.6 Å². The van der Waals surface area contributed by atoms with E-state index in [-0.39, 0.29) is 11.1 Å². The predicted molar refractivity (Wildman–Crippen MR) is 142 cm³/mol. The van der Waals surface area contributed by atoms with E-state index in [1.807, 2.05) is 24.3 Å². The van der Waals surface area contributed by atoms with E-state index >= 15 is 0 Å². The zero-order valence-corrected chi connectivity index (χ0v) is 20.3. The van der Waals surface area contributed by atoms with Gasteiger partial charge in [-0.15, -0.1) is 0 Å². The molecule has 0 saturated carbocycles. The maximum Gasteiger partial charge on any atom is 0.279 e. The Hall–Kier alpha value is -3.58. The van der Waals surface area contributed by atoms with E-state index in [0.29, 0.717) is 37.7 Å². The largest absolute Gasteiger partial charge is 0.457 e. The van der Waals surface area contributed by atoms with E-state index in [2.05, 4.69) is 4.99 Å². The van der Waals surface area contributed by atoms with Gasteiger partial charge in [-0.2, -0.15) is 4.99 Å². The Kier molecular flexibility index (Phi) is 6.59. The number of furan rings is 1. The van der Waals surface area contributed by atoms with Crippen molar-refractivity contribution in [2.75, 3.05) is 4.90 Å². The molecule has 2 heterocycles. The van der Waals surface area contributed by atoms with Gasteiger partial charge in [0.1, 0.15) is 11.5 Å². The third-order valence-electron chi connectivity index (χ3n) is 5.14. The van der Waals surface area contributed by atoms with Crippen LogP contribution in [-0.4, -0.2) is 17.0 Å².